The molecule has 6 amide bonds. The molecule has 4 aromatic rings. The van der Waals surface area contributed by atoms with Gasteiger partial charge in [0.15, 0.2) is 0 Å². The molecular formula is C58H70Cl4N8O8. The zero-order valence-electron chi connectivity index (χ0n) is 44.5. The molecule has 3 aliphatic carbocycles. The molecule has 4 aromatic carbocycles. The van der Waals surface area contributed by atoms with E-state index in [1.807, 2.05) is 34.1 Å². The third-order valence-corrected chi connectivity index (χ3v) is 17.7. The lowest BCUT2D eigenvalue weighted by molar-refractivity contribution is 0.0370. The smallest absolute Gasteiger partial charge is 0.315 e. The number of ether oxygens (including phenoxy) is 4. The minimum Gasteiger partial charge on any atom is -0.377 e. The van der Waals surface area contributed by atoms with Gasteiger partial charge in [-0.1, -0.05) is 70.7 Å². The van der Waals surface area contributed by atoms with Gasteiger partial charge >= 0.3 is 12.1 Å². The highest BCUT2D eigenvalue weighted by Crippen LogP contribution is 2.47. The summed E-state index contributed by atoms with van der Waals surface area (Å²) >= 11 is 26.0. The minimum atomic E-state index is -0.289. The Labute approximate surface area is 477 Å². The first kappa shape index (κ1) is 56.6. The van der Waals surface area contributed by atoms with Gasteiger partial charge in [0.25, 0.3) is 11.8 Å². The Morgan fingerprint density at radius 1 is 0.526 bits per heavy atom. The Kier molecular flexibility index (Phi) is 18.1. The summed E-state index contributed by atoms with van der Waals surface area (Å²) in [6.07, 6.45) is 4.70. The van der Waals surface area contributed by atoms with E-state index in [0.717, 1.165) is 120 Å². The molecule has 7 aliphatic rings. The molecule has 2 bridgehead atoms. The summed E-state index contributed by atoms with van der Waals surface area (Å²) in [5.74, 6) is 0.127. The van der Waals surface area contributed by atoms with Crippen LogP contribution in [0.15, 0.2) is 60.7 Å². The highest BCUT2D eigenvalue weighted by atomic mass is 35.5. The summed E-state index contributed by atoms with van der Waals surface area (Å²) in [5.41, 5.74) is 9.43. The second-order valence-corrected chi connectivity index (χ2v) is 23.7. The van der Waals surface area contributed by atoms with Gasteiger partial charge in [0.05, 0.1) is 52.9 Å². The number of hydrogen-bond acceptors (Lipinski definition) is 10. The van der Waals surface area contributed by atoms with Crippen LogP contribution in [0.1, 0.15) is 116 Å². The maximum absolute atomic E-state index is 13.5. The fraction of sp³-hybridized carbons (Fsp3) is 0.517. The van der Waals surface area contributed by atoms with E-state index >= 15 is 0 Å². The van der Waals surface area contributed by atoms with Crippen molar-refractivity contribution in [2.75, 3.05) is 106 Å². The van der Waals surface area contributed by atoms with Gasteiger partial charge < -0.3 is 59.8 Å². The van der Waals surface area contributed by atoms with Gasteiger partial charge in [0, 0.05) is 120 Å². The summed E-state index contributed by atoms with van der Waals surface area (Å²) < 4.78 is 23.1. The quantitative estimate of drug-likeness (QED) is 0.0561. The summed E-state index contributed by atoms with van der Waals surface area (Å²) in [5, 5.41) is 14.9. The molecule has 0 spiro atoms. The van der Waals surface area contributed by atoms with E-state index in [1.54, 1.807) is 12.1 Å². The monoisotopic (exact) mass is 1150 g/mol. The largest absolute Gasteiger partial charge is 0.377 e. The molecule has 4 heterocycles. The lowest BCUT2D eigenvalue weighted by atomic mass is 9.61. The van der Waals surface area contributed by atoms with E-state index in [0.29, 0.717) is 112 Å². The number of hydrogen-bond donors (Lipinski definition) is 4. The molecule has 3 fully saturated rings. The standard InChI is InChI=1S/C58H70Cl4N8O8/c1-67-33-47(45-27-41(59)29-51(61)49(45)35-67)37-3-5-39-31-69(53(71)43(39)25-37)15-19-77-23-21-75-17-13-63-55(73)65-57-7-10-58(11-8-57,12-9-57)66-56(74)64-14-18-76-22-24-78-20-16-70-32-40-6-4-38(26-44(40)54(70)72)48-34-68(2)36-50-46(48)28-42(60)30-52(50)62/h3-6,25-30,47-48H,7-24,31-36H2,1-2H3,(H2,63,65,73)(H2,64,66,74)/t47?,48?,57-,58+. The van der Waals surface area contributed by atoms with Crippen molar-refractivity contribution in [3.05, 3.63) is 136 Å². The number of halogens is 4. The van der Waals surface area contributed by atoms with Crippen molar-refractivity contribution in [2.24, 2.45) is 0 Å². The van der Waals surface area contributed by atoms with E-state index in [4.69, 9.17) is 65.4 Å². The number of amides is 6. The fourth-order valence-corrected chi connectivity index (χ4v) is 13.5. The number of nitrogens with zero attached hydrogens (tertiary/aromatic N) is 4. The summed E-state index contributed by atoms with van der Waals surface area (Å²) in [6.45, 7) is 8.83. The molecular weight excluding hydrogens is 1080 g/mol. The van der Waals surface area contributed by atoms with Crippen molar-refractivity contribution >= 4 is 70.3 Å². The van der Waals surface area contributed by atoms with Crippen molar-refractivity contribution < 1.29 is 38.1 Å². The average Bonchev–Trinajstić information content (AvgIpc) is 4.07. The van der Waals surface area contributed by atoms with E-state index in [2.05, 4.69) is 69.4 Å². The molecule has 0 radical (unpaired) electrons. The highest BCUT2D eigenvalue weighted by molar-refractivity contribution is 6.35. The van der Waals surface area contributed by atoms with Crippen LogP contribution in [0.3, 0.4) is 0 Å². The number of fused-ring (bicyclic) bond motifs is 7. The fourth-order valence-electron chi connectivity index (χ4n) is 12.4. The van der Waals surface area contributed by atoms with Crippen molar-refractivity contribution in [2.45, 2.75) is 87.6 Å². The third kappa shape index (κ3) is 13.0. The lowest BCUT2D eigenvalue weighted by Gasteiger charge is -2.53. The number of carbonyl (C=O) groups excluding carboxylic acids is 4. The summed E-state index contributed by atoms with van der Waals surface area (Å²) in [4.78, 5) is 60.9. The van der Waals surface area contributed by atoms with Crippen molar-refractivity contribution in [3.8, 4) is 0 Å². The second kappa shape index (κ2) is 25.0. The number of urea groups is 2. The van der Waals surface area contributed by atoms with Crippen LogP contribution in [0, 0.1) is 0 Å². The van der Waals surface area contributed by atoms with Crippen molar-refractivity contribution in [1.29, 1.82) is 0 Å². The molecule has 20 heteroatoms. The first-order chi connectivity index (χ1) is 37.6. The molecule has 4 N–H and O–H groups in total. The molecule has 11 rings (SSSR count). The van der Waals surface area contributed by atoms with Gasteiger partial charge in [-0.25, -0.2) is 9.59 Å². The molecule has 2 atom stereocenters. The molecule has 0 saturated heterocycles. The number of benzene rings is 4. The van der Waals surface area contributed by atoms with Crippen LogP contribution in [-0.4, -0.2) is 161 Å². The Morgan fingerprint density at radius 3 is 1.31 bits per heavy atom. The van der Waals surface area contributed by atoms with E-state index in [-0.39, 0.29) is 46.8 Å². The molecule has 418 valence electrons. The van der Waals surface area contributed by atoms with Crippen LogP contribution in [0.2, 0.25) is 20.1 Å². The van der Waals surface area contributed by atoms with Crippen LogP contribution < -0.4 is 21.3 Å². The zero-order valence-corrected chi connectivity index (χ0v) is 47.5. The Bertz CT molecular complexity index is 2680. The van der Waals surface area contributed by atoms with Crippen LogP contribution >= 0.6 is 46.4 Å². The maximum atomic E-state index is 13.5. The highest BCUT2D eigenvalue weighted by Gasteiger charge is 2.50. The third-order valence-electron chi connectivity index (χ3n) is 16.6. The van der Waals surface area contributed by atoms with Gasteiger partial charge in [0.1, 0.15) is 0 Å². The first-order valence-electron chi connectivity index (χ1n) is 27.3. The van der Waals surface area contributed by atoms with Gasteiger partial charge in [0.2, 0.25) is 0 Å². The Balaban J connectivity index is 0.538. The molecule has 4 aliphatic heterocycles. The Morgan fingerprint density at radius 2 is 0.910 bits per heavy atom. The van der Waals surface area contributed by atoms with Crippen LogP contribution in [0.5, 0.6) is 0 Å². The molecule has 78 heavy (non-hydrogen) atoms. The number of carbonyl (C=O) groups is 4. The van der Waals surface area contributed by atoms with Crippen LogP contribution in [0.25, 0.3) is 0 Å². The predicted octanol–water partition coefficient (Wildman–Crippen LogP) is 8.58. The predicted molar refractivity (Wildman–Crippen MR) is 301 cm³/mol. The number of rotatable bonds is 22. The normalized spacial score (nSPS) is 22.5. The SMILES string of the molecule is CN1Cc2c(Cl)cc(Cl)cc2C(c2ccc3c(c2)C(=O)N(CCOCCOCCNC(=O)N[C@]24CC[C@](NC(=O)NCCOCCOCCN5Cc6ccc(C7CN(C)Cc8c(Cl)cc(Cl)cc87)cc6C5=O)(CC2)CC4)C3)C1. The number of likely N-dealkylation sites (N-methyl/N-ethyl adjacent to an activating group) is 2. The van der Waals surface area contributed by atoms with Gasteiger partial charge in [-0.3, -0.25) is 9.59 Å². The number of nitrogens with one attached hydrogen (secondary N) is 4. The molecule has 16 nitrogen and oxygen atoms in total. The zero-order chi connectivity index (χ0) is 54.6. The average molecular weight is 1150 g/mol. The topological polar surface area (TPSA) is 166 Å². The van der Waals surface area contributed by atoms with E-state index in [1.165, 1.54) is 0 Å². The first-order valence-corrected chi connectivity index (χ1v) is 28.8. The van der Waals surface area contributed by atoms with Gasteiger partial charge in [-0.15, -0.1) is 0 Å². The summed E-state index contributed by atoms with van der Waals surface area (Å²) in [7, 11) is 4.15. The summed E-state index contributed by atoms with van der Waals surface area (Å²) in [6, 6.07) is 19.6. The molecule has 2 unspecified atom stereocenters. The van der Waals surface area contributed by atoms with Crippen molar-refractivity contribution in [1.82, 2.24) is 40.9 Å². The van der Waals surface area contributed by atoms with Crippen LogP contribution in [-0.2, 0) is 45.1 Å². The van der Waals surface area contributed by atoms with E-state index in [9.17, 15) is 19.2 Å². The van der Waals surface area contributed by atoms with Crippen molar-refractivity contribution in [3.63, 3.8) is 0 Å². The Hall–Kier alpha value is -4.72. The second-order valence-electron chi connectivity index (χ2n) is 22.0. The lowest BCUT2D eigenvalue weighted by Crippen LogP contribution is -2.65. The van der Waals surface area contributed by atoms with Gasteiger partial charge in [-0.2, -0.15) is 0 Å². The van der Waals surface area contributed by atoms with E-state index < -0.39 is 0 Å². The minimum absolute atomic E-state index is 0.00468. The maximum Gasteiger partial charge on any atom is 0.315 e. The molecule has 3 saturated carbocycles. The van der Waals surface area contributed by atoms with Crippen LogP contribution in [0.4, 0.5) is 9.59 Å². The van der Waals surface area contributed by atoms with Gasteiger partial charge in [-0.05, 0) is 134 Å². The molecule has 0 aromatic heterocycles.